The topological polar surface area (TPSA) is 80.2 Å². The molecule has 2 aliphatic heterocycles. The first kappa shape index (κ1) is 20.3. The summed E-state index contributed by atoms with van der Waals surface area (Å²) in [4.78, 5) is 40.5. The van der Waals surface area contributed by atoms with Gasteiger partial charge in [-0.25, -0.2) is 9.69 Å². The van der Waals surface area contributed by atoms with Crippen LogP contribution in [0.25, 0.3) is 10.8 Å². The molecule has 2 aliphatic rings. The van der Waals surface area contributed by atoms with Crippen LogP contribution in [-0.2, 0) is 19.9 Å². The minimum Gasteiger partial charge on any atom is -0.466 e. The van der Waals surface area contributed by atoms with Crippen LogP contribution in [0.1, 0.15) is 32.3 Å². The molecule has 7 heteroatoms. The number of benzene rings is 2. The van der Waals surface area contributed by atoms with E-state index in [1.807, 2.05) is 42.5 Å². The molecule has 30 heavy (non-hydrogen) atoms. The summed E-state index contributed by atoms with van der Waals surface area (Å²) in [6.07, 6.45) is 1.65. The van der Waals surface area contributed by atoms with Crippen molar-refractivity contribution in [2.45, 2.75) is 32.2 Å². The number of hydrogen-bond acceptors (Lipinski definition) is 4. The number of quaternary nitrogens is 1. The van der Waals surface area contributed by atoms with Crippen LogP contribution in [0.2, 0.25) is 0 Å². The highest BCUT2D eigenvalue weighted by atomic mass is 16.5. The number of likely N-dealkylation sites (tertiary alicyclic amines) is 1. The third-order valence-corrected chi connectivity index (χ3v) is 6.22. The van der Waals surface area contributed by atoms with Crippen LogP contribution in [-0.4, -0.2) is 49.2 Å². The second-order valence-electron chi connectivity index (χ2n) is 8.30. The van der Waals surface area contributed by atoms with Gasteiger partial charge in [0.1, 0.15) is 11.5 Å². The molecule has 2 fully saturated rings. The summed E-state index contributed by atoms with van der Waals surface area (Å²) in [6.45, 7) is 5.56. The van der Waals surface area contributed by atoms with E-state index in [1.165, 1.54) is 4.90 Å². The number of hydrogen-bond donors (Lipinski definition) is 2. The van der Waals surface area contributed by atoms with Gasteiger partial charge in [-0.3, -0.25) is 9.59 Å². The van der Waals surface area contributed by atoms with E-state index >= 15 is 0 Å². The van der Waals surface area contributed by atoms with Crippen LogP contribution >= 0.6 is 0 Å². The molecule has 0 aromatic heterocycles. The molecule has 2 saturated heterocycles. The Kier molecular flexibility index (Phi) is 5.47. The lowest BCUT2D eigenvalue weighted by Crippen LogP contribution is -3.15. The second-order valence-corrected chi connectivity index (χ2v) is 8.30. The number of carbonyl (C=O) groups excluding carboxylic acids is 3. The fourth-order valence-corrected chi connectivity index (χ4v) is 4.52. The first-order chi connectivity index (χ1) is 14.4. The summed E-state index contributed by atoms with van der Waals surface area (Å²) < 4.78 is 5.16. The van der Waals surface area contributed by atoms with E-state index in [1.54, 1.807) is 13.8 Å². The number of nitrogens with one attached hydrogen (secondary N) is 2. The number of esters is 1. The largest absolute Gasteiger partial charge is 0.466 e. The molecular weight excluding hydrogens is 382 g/mol. The van der Waals surface area contributed by atoms with Gasteiger partial charge in [0, 0.05) is 0 Å². The Morgan fingerprint density at radius 2 is 2.00 bits per heavy atom. The molecule has 0 saturated carbocycles. The Morgan fingerprint density at radius 3 is 2.77 bits per heavy atom. The smallest absolute Gasteiger partial charge is 0.329 e. The molecule has 3 atom stereocenters. The van der Waals surface area contributed by atoms with E-state index < -0.39 is 5.54 Å². The van der Waals surface area contributed by atoms with Gasteiger partial charge < -0.3 is 15.0 Å². The monoisotopic (exact) mass is 410 g/mol. The van der Waals surface area contributed by atoms with E-state index in [-0.39, 0.29) is 30.5 Å². The molecule has 2 aromatic rings. The first-order valence-corrected chi connectivity index (χ1v) is 10.6. The molecule has 4 rings (SSSR count). The predicted octanol–water partition coefficient (Wildman–Crippen LogP) is 1.42. The highest BCUT2D eigenvalue weighted by molar-refractivity contribution is 6.07. The lowest BCUT2D eigenvalue weighted by molar-refractivity contribution is -0.914. The average molecular weight is 410 g/mol. The Hall–Kier alpha value is -2.93. The molecular formula is C23H28N3O4+. The van der Waals surface area contributed by atoms with Crippen LogP contribution in [0.15, 0.2) is 42.5 Å². The zero-order chi connectivity index (χ0) is 21.3. The van der Waals surface area contributed by atoms with E-state index in [4.69, 9.17) is 4.74 Å². The maximum Gasteiger partial charge on any atom is 0.329 e. The van der Waals surface area contributed by atoms with E-state index in [0.29, 0.717) is 13.2 Å². The van der Waals surface area contributed by atoms with Crippen molar-refractivity contribution >= 4 is 28.7 Å². The number of nitrogens with zero attached hydrogens (tertiary/aromatic N) is 1. The number of amides is 3. The van der Waals surface area contributed by atoms with Crippen LogP contribution < -0.4 is 10.2 Å². The Labute approximate surface area is 176 Å². The van der Waals surface area contributed by atoms with Gasteiger partial charge in [-0.05, 0) is 49.1 Å². The average Bonchev–Trinajstić information content (AvgIpc) is 2.97. The maximum absolute atomic E-state index is 13.3. The van der Waals surface area contributed by atoms with Gasteiger partial charge in [0.25, 0.3) is 5.91 Å². The van der Waals surface area contributed by atoms with Gasteiger partial charge in [-0.1, -0.05) is 36.4 Å². The highest BCUT2D eigenvalue weighted by Gasteiger charge is 2.50. The van der Waals surface area contributed by atoms with Crippen molar-refractivity contribution in [1.82, 2.24) is 10.2 Å². The van der Waals surface area contributed by atoms with E-state index in [9.17, 15) is 14.4 Å². The summed E-state index contributed by atoms with van der Waals surface area (Å²) in [5.41, 5.74) is -0.336. The number of rotatable bonds is 5. The number of imide groups is 1. The number of carbonyl (C=O) groups is 3. The number of ether oxygens (including phenoxy) is 1. The maximum atomic E-state index is 13.3. The summed E-state index contributed by atoms with van der Waals surface area (Å²) in [7, 11) is 0. The minimum absolute atomic E-state index is 0.179. The Bertz CT molecular complexity index is 991. The quantitative estimate of drug-likeness (QED) is 0.577. The zero-order valence-electron chi connectivity index (χ0n) is 17.4. The lowest BCUT2D eigenvalue weighted by Gasteiger charge is -2.30. The zero-order valence-corrected chi connectivity index (χ0v) is 17.4. The molecule has 2 N–H and O–H groups in total. The number of fused-ring (bicyclic) bond motifs is 1. The van der Waals surface area contributed by atoms with Gasteiger partial charge in [0.15, 0.2) is 6.67 Å². The standard InChI is InChI=1S/C23H27N3O4/c1-3-30-20(27)18-9-6-12-25(14-18)15-26-21(28)23(2,24-22(26)29)19-11-10-16-7-4-5-8-17(16)13-19/h4-5,7-8,10-11,13,18H,3,6,9,12,14-15H2,1-2H3,(H,24,29)/p+1/t18-,23+/m0/s1. The fraction of sp³-hybridized carbons (Fsp3) is 0.435. The number of urea groups is 1. The summed E-state index contributed by atoms with van der Waals surface area (Å²) in [6, 6.07) is 13.4. The SMILES string of the molecule is CCOC(=O)[C@H]1CCC[NH+](CN2C(=O)N[C@](C)(c3ccc4ccccc4c3)C2=O)C1. The second kappa shape index (κ2) is 8.07. The van der Waals surface area contributed by atoms with Gasteiger partial charge in [-0.15, -0.1) is 0 Å². The third kappa shape index (κ3) is 3.65. The summed E-state index contributed by atoms with van der Waals surface area (Å²) in [5, 5.41) is 5.00. The van der Waals surface area contributed by atoms with Crippen molar-refractivity contribution in [3.8, 4) is 0 Å². The van der Waals surface area contributed by atoms with E-state index in [0.717, 1.165) is 40.6 Å². The van der Waals surface area contributed by atoms with Gasteiger partial charge >= 0.3 is 12.0 Å². The van der Waals surface area contributed by atoms with Gasteiger partial charge in [-0.2, -0.15) is 0 Å². The Morgan fingerprint density at radius 1 is 1.23 bits per heavy atom. The predicted molar refractivity (Wildman–Crippen MR) is 112 cm³/mol. The molecule has 2 heterocycles. The fourth-order valence-electron chi connectivity index (χ4n) is 4.52. The summed E-state index contributed by atoms with van der Waals surface area (Å²) >= 11 is 0. The van der Waals surface area contributed by atoms with Gasteiger partial charge in [0.05, 0.1) is 19.7 Å². The normalized spacial score (nSPS) is 26.7. The van der Waals surface area contributed by atoms with Crippen molar-refractivity contribution < 1.29 is 24.0 Å². The van der Waals surface area contributed by atoms with E-state index in [2.05, 4.69) is 5.32 Å². The molecule has 0 bridgehead atoms. The molecule has 0 spiro atoms. The molecule has 1 unspecified atom stereocenters. The van der Waals surface area contributed by atoms with Crippen molar-refractivity contribution in [2.75, 3.05) is 26.4 Å². The van der Waals surface area contributed by atoms with Crippen LogP contribution in [0, 0.1) is 5.92 Å². The van der Waals surface area contributed by atoms with Crippen LogP contribution in [0.3, 0.4) is 0 Å². The first-order valence-electron chi connectivity index (χ1n) is 10.6. The molecule has 2 aromatic carbocycles. The third-order valence-electron chi connectivity index (χ3n) is 6.22. The van der Waals surface area contributed by atoms with Crippen molar-refractivity contribution in [3.63, 3.8) is 0 Å². The molecule has 0 aliphatic carbocycles. The molecule has 0 radical (unpaired) electrons. The number of piperidine rings is 1. The summed E-state index contributed by atoms with van der Waals surface area (Å²) in [5.74, 6) is -0.622. The van der Waals surface area contributed by atoms with Crippen molar-refractivity contribution in [2.24, 2.45) is 5.92 Å². The van der Waals surface area contributed by atoms with Crippen molar-refractivity contribution in [1.29, 1.82) is 0 Å². The van der Waals surface area contributed by atoms with Crippen molar-refractivity contribution in [3.05, 3.63) is 48.0 Å². The highest BCUT2D eigenvalue weighted by Crippen LogP contribution is 2.30. The molecule has 3 amide bonds. The Balaban J connectivity index is 1.51. The van der Waals surface area contributed by atoms with Crippen LogP contribution in [0.4, 0.5) is 4.79 Å². The lowest BCUT2D eigenvalue weighted by atomic mass is 9.90. The van der Waals surface area contributed by atoms with Crippen LogP contribution in [0.5, 0.6) is 0 Å². The molecule has 7 nitrogen and oxygen atoms in total. The minimum atomic E-state index is -1.10. The molecule has 158 valence electrons. The van der Waals surface area contributed by atoms with Gasteiger partial charge in [0.2, 0.25) is 0 Å².